The summed E-state index contributed by atoms with van der Waals surface area (Å²) in [6.07, 6.45) is 1.36. The number of nitrogens with one attached hydrogen (secondary N) is 2. The summed E-state index contributed by atoms with van der Waals surface area (Å²) in [5, 5.41) is 6.00. The lowest BCUT2D eigenvalue weighted by Crippen LogP contribution is -2.44. The van der Waals surface area contributed by atoms with E-state index in [9.17, 15) is 4.79 Å². The first-order chi connectivity index (χ1) is 7.81. The van der Waals surface area contributed by atoms with E-state index >= 15 is 0 Å². The van der Waals surface area contributed by atoms with Gasteiger partial charge in [0.2, 0.25) is 5.76 Å². The van der Waals surface area contributed by atoms with Gasteiger partial charge in [-0.3, -0.25) is 4.79 Å². The standard InChI is InChI=1S/C10H16N2O4/c1-14-8-5-11-4-7(8)12-10(13)9-6-15-2-3-16-9/h6-8,11H,2-5H2,1H3,(H,12,13). The minimum atomic E-state index is -0.254. The minimum absolute atomic E-state index is 0.00839. The van der Waals surface area contributed by atoms with Crippen molar-refractivity contribution in [1.82, 2.24) is 10.6 Å². The number of methoxy groups -OCH3 is 1. The first-order valence-corrected chi connectivity index (χ1v) is 5.30. The summed E-state index contributed by atoms with van der Waals surface area (Å²) in [5.74, 6) is -0.0246. The zero-order valence-corrected chi connectivity index (χ0v) is 9.19. The van der Waals surface area contributed by atoms with Crippen LogP contribution in [0.2, 0.25) is 0 Å². The molecule has 16 heavy (non-hydrogen) atoms. The number of carbonyl (C=O) groups excluding carboxylic acids is 1. The maximum atomic E-state index is 11.7. The van der Waals surface area contributed by atoms with Crippen molar-refractivity contribution in [2.75, 3.05) is 33.4 Å². The fraction of sp³-hybridized carbons (Fsp3) is 0.700. The molecule has 2 aliphatic rings. The normalized spacial score (nSPS) is 28.9. The summed E-state index contributed by atoms with van der Waals surface area (Å²) >= 11 is 0. The van der Waals surface area contributed by atoms with Gasteiger partial charge in [-0.05, 0) is 0 Å². The SMILES string of the molecule is COC1CNCC1NC(=O)C1=COCCO1. The maximum absolute atomic E-state index is 11.7. The van der Waals surface area contributed by atoms with Gasteiger partial charge in [0.1, 0.15) is 19.5 Å². The molecule has 2 N–H and O–H groups in total. The second-order valence-electron chi connectivity index (χ2n) is 3.71. The molecule has 0 bridgehead atoms. The van der Waals surface area contributed by atoms with Gasteiger partial charge in [-0.1, -0.05) is 0 Å². The lowest BCUT2D eigenvalue weighted by atomic mass is 10.2. The Balaban J connectivity index is 1.88. The van der Waals surface area contributed by atoms with Gasteiger partial charge in [0.15, 0.2) is 0 Å². The van der Waals surface area contributed by atoms with Crippen LogP contribution in [-0.4, -0.2) is 51.5 Å². The third kappa shape index (κ3) is 2.45. The first-order valence-electron chi connectivity index (χ1n) is 5.30. The van der Waals surface area contributed by atoms with E-state index in [1.165, 1.54) is 6.26 Å². The van der Waals surface area contributed by atoms with Crippen molar-refractivity contribution in [3.63, 3.8) is 0 Å². The average molecular weight is 228 g/mol. The summed E-state index contributed by atoms with van der Waals surface area (Å²) in [6.45, 7) is 2.36. The van der Waals surface area contributed by atoms with Crippen molar-refractivity contribution < 1.29 is 19.0 Å². The third-order valence-electron chi connectivity index (χ3n) is 2.65. The quantitative estimate of drug-likeness (QED) is 0.647. The molecular formula is C10H16N2O4. The molecule has 0 spiro atoms. The monoisotopic (exact) mass is 228 g/mol. The Morgan fingerprint density at radius 2 is 2.44 bits per heavy atom. The van der Waals surface area contributed by atoms with E-state index < -0.39 is 0 Å². The molecule has 0 aromatic heterocycles. The molecule has 0 aliphatic carbocycles. The largest absolute Gasteiger partial charge is 0.494 e. The van der Waals surface area contributed by atoms with Crippen LogP contribution in [-0.2, 0) is 19.0 Å². The van der Waals surface area contributed by atoms with Crippen molar-refractivity contribution in [2.45, 2.75) is 12.1 Å². The lowest BCUT2D eigenvalue weighted by Gasteiger charge is -2.20. The lowest BCUT2D eigenvalue weighted by molar-refractivity contribution is -0.123. The topological polar surface area (TPSA) is 68.8 Å². The van der Waals surface area contributed by atoms with E-state index in [1.807, 2.05) is 0 Å². The van der Waals surface area contributed by atoms with Crippen LogP contribution in [0.3, 0.4) is 0 Å². The van der Waals surface area contributed by atoms with E-state index in [0.29, 0.717) is 19.8 Å². The molecule has 1 saturated heterocycles. The summed E-state index contributed by atoms with van der Waals surface area (Å²) in [6, 6.07) is -0.0241. The predicted molar refractivity (Wildman–Crippen MR) is 55.6 cm³/mol. The molecule has 2 atom stereocenters. The molecule has 90 valence electrons. The molecule has 0 saturated carbocycles. The van der Waals surface area contributed by atoms with Crippen LogP contribution in [0.4, 0.5) is 0 Å². The fourth-order valence-electron chi connectivity index (χ4n) is 1.77. The highest BCUT2D eigenvalue weighted by Crippen LogP contribution is 2.08. The molecule has 2 heterocycles. The Morgan fingerprint density at radius 3 is 3.12 bits per heavy atom. The fourth-order valence-corrected chi connectivity index (χ4v) is 1.77. The van der Waals surface area contributed by atoms with Crippen LogP contribution in [0.5, 0.6) is 0 Å². The Kier molecular flexibility index (Phi) is 3.63. The van der Waals surface area contributed by atoms with Crippen LogP contribution in [0.1, 0.15) is 0 Å². The van der Waals surface area contributed by atoms with Gasteiger partial charge in [0.25, 0.3) is 5.91 Å². The van der Waals surface area contributed by atoms with Crippen molar-refractivity contribution in [1.29, 1.82) is 0 Å². The van der Waals surface area contributed by atoms with Crippen LogP contribution < -0.4 is 10.6 Å². The second kappa shape index (κ2) is 5.18. The summed E-state index contributed by atoms with van der Waals surface area (Å²) in [7, 11) is 1.64. The van der Waals surface area contributed by atoms with Gasteiger partial charge in [-0.15, -0.1) is 0 Å². The Bertz CT molecular complexity index is 293. The second-order valence-corrected chi connectivity index (χ2v) is 3.71. The number of carbonyl (C=O) groups is 1. The molecule has 0 aromatic carbocycles. The zero-order valence-electron chi connectivity index (χ0n) is 9.19. The molecule has 6 nitrogen and oxygen atoms in total. The van der Waals surface area contributed by atoms with Gasteiger partial charge in [-0.25, -0.2) is 0 Å². The number of amides is 1. The molecule has 6 heteroatoms. The van der Waals surface area contributed by atoms with Crippen LogP contribution in [0.25, 0.3) is 0 Å². The maximum Gasteiger partial charge on any atom is 0.289 e. The molecule has 1 amide bonds. The Hall–Kier alpha value is -1.27. The van der Waals surface area contributed by atoms with Crippen molar-refractivity contribution in [3.05, 3.63) is 12.0 Å². The Morgan fingerprint density at radius 1 is 1.56 bits per heavy atom. The zero-order chi connectivity index (χ0) is 11.4. The highest BCUT2D eigenvalue weighted by Gasteiger charge is 2.29. The molecule has 2 aliphatic heterocycles. The molecule has 0 radical (unpaired) electrons. The molecule has 0 aromatic rings. The van der Waals surface area contributed by atoms with E-state index in [4.69, 9.17) is 14.2 Å². The summed E-state index contributed by atoms with van der Waals surface area (Å²) < 4.78 is 15.5. The van der Waals surface area contributed by atoms with E-state index in [-0.39, 0.29) is 23.8 Å². The van der Waals surface area contributed by atoms with Crippen LogP contribution >= 0.6 is 0 Å². The Labute approximate surface area is 93.9 Å². The minimum Gasteiger partial charge on any atom is -0.494 e. The van der Waals surface area contributed by atoms with Gasteiger partial charge >= 0.3 is 0 Å². The van der Waals surface area contributed by atoms with Crippen molar-refractivity contribution >= 4 is 5.91 Å². The molecular weight excluding hydrogens is 212 g/mol. The summed E-state index contributed by atoms with van der Waals surface area (Å²) in [5.41, 5.74) is 0. The molecule has 1 fully saturated rings. The van der Waals surface area contributed by atoms with Crippen molar-refractivity contribution in [3.8, 4) is 0 Å². The van der Waals surface area contributed by atoms with Gasteiger partial charge in [0.05, 0.1) is 12.1 Å². The predicted octanol–water partition coefficient (Wildman–Crippen LogP) is -1.02. The summed E-state index contributed by atoms with van der Waals surface area (Å²) in [4.78, 5) is 11.7. The molecule has 2 unspecified atom stereocenters. The van der Waals surface area contributed by atoms with E-state index in [2.05, 4.69) is 10.6 Å². The number of ether oxygens (including phenoxy) is 3. The van der Waals surface area contributed by atoms with Gasteiger partial charge in [-0.2, -0.15) is 0 Å². The highest BCUT2D eigenvalue weighted by atomic mass is 16.6. The van der Waals surface area contributed by atoms with E-state index in [1.54, 1.807) is 7.11 Å². The van der Waals surface area contributed by atoms with Crippen LogP contribution in [0, 0.1) is 0 Å². The van der Waals surface area contributed by atoms with Gasteiger partial charge in [0, 0.05) is 20.2 Å². The van der Waals surface area contributed by atoms with Crippen LogP contribution in [0.15, 0.2) is 12.0 Å². The average Bonchev–Trinajstić information content (AvgIpc) is 2.77. The highest BCUT2D eigenvalue weighted by molar-refractivity contribution is 5.91. The van der Waals surface area contributed by atoms with Crippen molar-refractivity contribution in [2.24, 2.45) is 0 Å². The van der Waals surface area contributed by atoms with E-state index in [0.717, 1.165) is 6.54 Å². The first kappa shape index (κ1) is 11.2. The number of hydrogen-bond acceptors (Lipinski definition) is 5. The molecule has 2 rings (SSSR count). The number of hydrogen-bond donors (Lipinski definition) is 2. The third-order valence-corrected chi connectivity index (χ3v) is 2.65. The smallest absolute Gasteiger partial charge is 0.289 e. The van der Waals surface area contributed by atoms with Gasteiger partial charge < -0.3 is 24.8 Å². The number of rotatable bonds is 3.